The normalized spacial score (nSPS) is 19.0. The first-order chi connectivity index (χ1) is 18.6. The van der Waals surface area contributed by atoms with Crippen LogP contribution in [0.4, 0.5) is 27.6 Å². The van der Waals surface area contributed by atoms with Gasteiger partial charge in [0.15, 0.2) is 0 Å². The maximum atomic E-state index is 14.2. The van der Waals surface area contributed by atoms with Crippen LogP contribution >= 0.6 is 11.6 Å². The van der Waals surface area contributed by atoms with Gasteiger partial charge >= 0.3 is 6.18 Å². The van der Waals surface area contributed by atoms with Crippen molar-refractivity contribution < 1.29 is 41.0 Å². The second-order valence-corrected chi connectivity index (χ2v) is 9.52. The van der Waals surface area contributed by atoms with Crippen molar-refractivity contribution in [3.63, 3.8) is 0 Å². The van der Waals surface area contributed by atoms with Crippen molar-refractivity contribution in [3.05, 3.63) is 93.0 Å². The summed E-state index contributed by atoms with van der Waals surface area (Å²) in [6, 6.07) is 7.82. The van der Waals surface area contributed by atoms with Crippen molar-refractivity contribution in [2.75, 3.05) is 25.3 Å². The standard InChI is InChI=1S/C27H22ClF5N2O4/c28-22-2-1-17(29)9-21(22)25-24-15(11-37-13-34-25)7-20(39-12-19-3-4-38-19)10-23(24)35-26(36)14-5-16(27(31,32)33)8-18(30)6-14/h1-2,5-10,19,25,34H,3-4,11-13H2,(H,35,36)/t19-,25-/m1/s1. The number of nitrogens with one attached hydrogen (secondary N) is 2. The Kier molecular flexibility index (Phi) is 7.77. The molecule has 206 valence electrons. The molecular formula is C27H22ClF5N2O4. The molecule has 2 aliphatic rings. The average Bonchev–Trinajstić information content (AvgIpc) is 3.06. The van der Waals surface area contributed by atoms with Crippen molar-refractivity contribution in [3.8, 4) is 5.75 Å². The predicted octanol–water partition coefficient (Wildman–Crippen LogP) is 6.22. The molecule has 5 rings (SSSR count). The number of hydrogen-bond donors (Lipinski definition) is 2. The molecule has 3 aromatic carbocycles. The minimum atomic E-state index is -4.86. The Hall–Kier alpha value is -3.25. The number of carbonyl (C=O) groups is 1. The van der Waals surface area contributed by atoms with Gasteiger partial charge in [0.25, 0.3) is 5.91 Å². The first-order valence-corrected chi connectivity index (χ1v) is 12.3. The van der Waals surface area contributed by atoms with Gasteiger partial charge in [0.2, 0.25) is 0 Å². The molecule has 0 radical (unpaired) electrons. The van der Waals surface area contributed by atoms with Crippen LogP contribution < -0.4 is 15.4 Å². The van der Waals surface area contributed by atoms with Crippen LogP contribution in [0.3, 0.4) is 0 Å². The molecule has 0 spiro atoms. The zero-order valence-electron chi connectivity index (χ0n) is 20.2. The molecule has 2 heterocycles. The molecule has 2 N–H and O–H groups in total. The van der Waals surface area contributed by atoms with Crippen molar-refractivity contribution in [1.29, 1.82) is 0 Å². The summed E-state index contributed by atoms with van der Waals surface area (Å²) in [5.41, 5.74) is -0.355. The highest BCUT2D eigenvalue weighted by atomic mass is 35.5. The topological polar surface area (TPSA) is 68.8 Å². The van der Waals surface area contributed by atoms with E-state index in [2.05, 4.69) is 10.6 Å². The number of halogens is 6. The predicted molar refractivity (Wildman–Crippen MR) is 132 cm³/mol. The van der Waals surface area contributed by atoms with E-state index >= 15 is 0 Å². The van der Waals surface area contributed by atoms with Crippen LogP contribution in [-0.4, -0.2) is 32.0 Å². The fraction of sp³-hybridized carbons (Fsp3) is 0.296. The maximum absolute atomic E-state index is 14.2. The summed E-state index contributed by atoms with van der Waals surface area (Å²) in [6.07, 6.45) is -4.12. The minimum Gasteiger partial charge on any atom is -0.491 e. The van der Waals surface area contributed by atoms with Gasteiger partial charge in [-0.2, -0.15) is 13.2 Å². The van der Waals surface area contributed by atoms with Crippen LogP contribution in [0.5, 0.6) is 5.75 Å². The Labute approximate surface area is 225 Å². The summed E-state index contributed by atoms with van der Waals surface area (Å²) >= 11 is 6.40. The lowest BCUT2D eigenvalue weighted by Crippen LogP contribution is -2.32. The van der Waals surface area contributed by atoms with Crippen LogP contribution in [0.1, 0.15) is 45.1 Å². The number of hydrogen-bond acceptors (Lipinski definition) is 5. The van der Waals surface area contributed by atoms with Crippen molar-refractivity contribution >= 4 is 23.2 Å². The number of alkyl halides is 3. The zero-order chi connectivity index (χ0) is 27.7. The molecule has 2 atom stereocenters. The zero-order valence-corrected chi connectivity index (χ0v) is 21.0. The third-order valence-corrected chi connectivity index (χ3v) is 6.75. The molecule has 1 amide bonds. The van der Waals surface area contributed by atoms with Crippen molar-refractivity contribution in [2.45, 2.75) is 31.3 Å². The number of anilines is 1. The smallest absolute Gasteiger partial charge is 0.416 e. The molecule has 2 aliphatic heterocycles. The molecule has 6 nitrogen and oxygen atoms in total. The fourth-order valence-corrected chi connectivity index (χ4v) is 4.65. The van der Waals surface area contributed by atoms with Crippen molar-refractivity contribution in [2.24, 2.45) is 0 Å². The third-order valence-electron chi connectivity index (χ3n) is 6.41. The van der Waals surface area contributed by atoms with Gasteiger partial charge in [-0.05, 0) is 53.6 Å². The molecule has 1 fully saturated rings. The number of amides is 1. The molecular weight excluding hydrogens is 547 g/mol. The van der Waals surface area contributed by atoms with Gasteiger partial charge < -0.3 is 19.5 Å². The SMILES string of the molecule is O=C(Nc1cc(OC[C@H]2CCO2)cc2c1[C@@H](c1cc(F)ccc1Cl)NCOC2)c1cc(F)cc(C(F)(F)F)c1. The molecule has 0 saturated carbocycles. The monoisotopic (exact) mass is 568 g/mol. The van der Waals surface area contributed by atoms with E-state index in [1.54, 1.807) is 6.07 Å². The van der Waals surface area contributed by atoms with E-state index in [0.29, 0.717) is 47.2 Å². The quantitative estimate of drug-likeness (QED) is 0.345. The lowest BCUT2D eigenvalue weighted by molar-refractivity contribution is -0.137. The highest BCUT2D eigenvalue weighted by molar-refractivity contribution is 6.31. The van der Waals surface area contributed by atoms with E-state index in [9.17, 15) is 26.7 Å². The summed E-state index contributed by atoms with van der Waals surface area (Å²) in [7, 11) is 0. The molecule has 0 aromatic heterocycles. The number of fused-ring (bicyclic) bond motifs is 1. The van der Waals surface area contributed by atoms with Gasteiger partial charge in [-0.1, -0.05) is 11.6 Å². The molecule has 3 aromatic rings. The number of carbonyl (C=O) groups excluding carboxylic acids is 1. The Morgan fingerprint density at radius 3 is 2.62 bits per heavy atom. The van der Waals surface area contributed by atoms with E-state index in [1.807, 2.05) is 0 Å². The fourth-order valence-electron chi connectivity index (χ4n) is 4.42. The number of ether oxygens (including phenoxy) is 3. The van der Waals surface area contributed by atoms with Gasteiger partial charge in [0, 0.05) is 35.2 Å². The highest BCUT2D eigenvalue weighted by Crippen LogP contribution is 2.40. The van der Waals surface area contributed by atoms with Gasteiger partial charge in [-0.15, -0.1) is 0 Å². The Morgan fingerprint density at radius 1 is 1.10 bits per heavy atom. The first-order valence-electron chi connectivity index (χ1n) is 11.9. The van der Waals surface area contributed by atoms with Crippen LogP contribution in [0.2, 0.25) is 5.02 Å². The average molecular weight is 569 g/mol. The third kappa shape index (κ3) is 6.17. The second-order valence-electron chi connectivity index (χ2n) is 9.11. The van der Waals surface area contributed by atoms with Crippen LogP contribution in [0.25, 0.3) is 0 Å². The summed E-state index contributed by atoms with van der Waals surface area (Å²) in [5, 5.41) is 5.94. The largest absolute Gasteiger partial charge is 0.491 e. The Bertz CT molecular complexity index is 1400. The lowest BCUT2D eigenvalue weighted by Gasteiger charge is -2.27. The van der Waals surface area contributed by atoms with E-state index in [0.717, 1.165) is 6.42 Å². The molecule has 1 saturated heterocycles. The van der Waals surface area contributed by atoms with E-state index in [1.165, 1.54) is 24.3 Å². The molecule has 0 bridgehead atoms. The summed E-state index contributed by atoms with van der Waals surface area (Å²) in [6.45, 7) is 0.987. The molecule has 39 heavy (non-hydrogen) atoms. The number of benzene rings is 3. The highest BCUT2D eigenvalue weighted by Gasteiger charge is 2.33. The van der Waals surface area contributed by atoms with E-state index in [4.69, 9.17) is 25.8 Å². The molecule has 0 unspecified atom stereocenters. The van der Waals surface area contributed by atoms with E-state index < -0.39 is 40.9 Å². The van der Waals surface area contributed by atoms with E-state index in [-0.39, 0.29) is 36.8 Å². The number of rotatable bonds is 6. The molecule has 12 heteroatoms. The van der Waals surface area contributed by atoms with Crippen molar-refractivity contribution in [1.82, 2.24) is 5.32 Å². The summed E-state index contributed by atoms with van der Waals surface area (Å²) in [4.78, 5) is 13.2. The second kappa shape index (κ2) is 11.1. The lowest BCUT2D eigenvalue weighted by atomic mass is 9.92. The minimum absolute atomic E-state index is 0.0461. The van der Waals surface area contributed by atoms with Gasteiger partial charge in [0.1, 0.15) is 24.0 Å². The maximum Gasteiger partial charge on any atom is 0.416 e. The van der Waals surface area contributed by atoms with Gasteiger partial charge in [-0.25, -0.2) is 8.78 Å². The van der Waals surface area contributed by atoms with Gasteiger partial charge in [-0.3, -0.25) is 10.1 Å². The summed E-state index contributed by atoms with van der Waals surface area (Å²) < 4.78 is 84.9. The molecule has 0 aliphatic carbocycles. The van der Waals surface area contributed by atoms with Crippen LogP contribution in [-0.2, 0) is 22.3 Å². The van der Waals surface area contributed by atoms with Gasteiger partial charge in [0.05, 0.1) is 36.7 Å². The Balaban J connectivity index is 1.58. The van der Waals surface area contributed by atoms with Crippen LogP contribution in [0.15, 0.2) is 48.5 Å². The first kappa shape index (κ1) is 27.3. The summed E-state index contributed by atoms with van der Waals surface area (Å²) in [5.74, 6) is -2.42. The Morgan fingerprint density at radius 2 is 1.90 bits per heavy atom. The van der Waals surface area contributed by atoms with Crippen LogP contribution in [0, 0.1) is 11.6 Å².